The topological polar surface area (TPSA) is 108 Å². The zero-order valence-corrected chi connectivity index (χ0v) is 19.0. The van der Waals surface area contributed by atoms with Crippen molar-refractivity contribution < 1.29 is 4.79 Å². The third-order valence-corrected chi connectivity index (χ3v) is 7.21. The third-order valence-electron chi connectivity index (χ3n) is 6.09. The molecule has 3 heterocycles. The van der Waals surface area contributed by atoms with E-state index in [4.69, 9.17) is 11.1 Å². The molecular formula is C22H28N6O2S. The van der Waals surface area contributed by atoms with Crippen LogP contribution < -0.4 is 11.3 Å². The van der Waals surface area contributed by atoms with Crippen LogP contribution in [0.3, 0.4) is 0 Å². The summed E-state index contributed by atoms with van der Waals surface area (Å²) in [7, 11) is 1.74. The highest BCUT2D eigenvalue weighted by Crippen LogP contribution is 2.30. The van der Waals surface area contributed by atoms with Gasteiger partial charge in [-0.2, -0.15) is 0 Å². The fraction of sp³-hybridized carbons (Fsp3) is 0.455. The van der Waals surface area contributed by atoms with E-state index in [-0.39, 0.29) is 17.3 Å². The lowest BCUT2D eigenvalue weighted by molar-refractivity contribution is -0.135. The summed E-state index contributed by atoms with van der Waals surface area (Å²) in [5.41, 5.74) is 7.50. The highest BCUT2D eigenvalue weighted by molar-refractivity contribution is 8.02. The van der Waals surface area contributed by atoms with Gasteiger partial charge in [-0.3, -0.25) is 15.0 Å². The van der Waals surface area contributed by atoms with E-state index in [0.717, 1.165) is 37.0 Å². The highest BCUT2D eigenvalue weighted by Gasteiger charge is 2.35. The Morgan fingerprint density at radius 1 is 1.29 bits per heavy atom. The Kier molecular flexibility index (Phi) is 5.65. The number of nitrogens with zero attached hydrogens (tertiary/aromatic N) is 4. The third kappa shape index (κ3) is 3.99. The SMILES string of the molecule is Cn1c(=O)c(CN2CC=C(C(=N)N)S2)nc2cc(C(C)(C)C(=O)N3CCCC3)ccc21. The predicted molar refractivity (Wildman–Crippen MR) is 124 cm³/mol. The standard InChI is InChI=1S/C22H28N6O2S/c1-22(2,21(30)27-9-4-5-10-27)14-6-7-17-15(12-14)25-16(20(29)26(17)3)13-28-11-8-18(31-28)19(23)24/h6-8,12H,4-5,9-11,13H2,1-3H3,(H3,23,24). The molecule has 164 valence electrons. The van der Waals surface area contributed by atoms with Crippen LogP contribution in [0.1, 0.15) is 37.9 Å². The molecule has 1 aromatic heterocycles. The molecule has 3 N–H and O–H groups in total. The van der Waals surface area contributed by atoms with Gasteiger partial charge in [0.05, 0.1) is 27.9 Å². The lowest BCUT2D eigenvalue weighted by Crippen LogP contribution is -2.42. The van der Waals surface area contributed by atoms with Crippen LogP contribution in [0, 0.1) is 5.41 Å². The Balaban J connectivity index is 1.66. The summed E-state index contributed by atoms with van der Waals surface area (Å²) >= 11 is 1.37. The number of fused-ring (bicyclic) bond motifs is 1. The zero-order valence-electron chi connectivity index (χ0n) is 18.1. The second-order valence-electron chi connectivity index (χ2n) is 8.65. The predicted octanol–water partition coefficient (Wildman–Crippen LogP) is 2.12. The summed E-state index contributed by atoms with van der Waals surface area (Å²) in [4.78, 5) is 33.3. The Morgan fingerprint density at radius 3 is 2.65 bits per heavy atom. The number of aryl methyl sites for hydroxylation is 1. The first kappa shape index (κ1) is 21.6. The molecule has 0 spiro atoms. The van der Waals surface area contributed by atoms with Gasteiger partial charge in [0.1, 0.15) is 11.5 Å². The van der Waals surface area contributed by atoms with Crippen LogP contribution in [0.15, 0.2) is 34.0 Å². The molecule has 1 saturated heterocycles. The molecule has 1 fully saturated rings. The quantitative estimate of drug-likeness (QED) is 0.419. The number of aromatic nitrogens is 2. The van der Waals surface area contributed by atoms with Crippen LogP contribution >= 0.6 is 11.9 Å². The Hall–Kier alpha value is -2.65. The smallest absolute Gasteiger partial charge is 0.273 e. The number of rotatable bonds is 5. The first-order valence-corrected chi connectivity index (χ1v) is 11.2. The summed E-state index contributed by atoms with van der Waals surface area (Å²) in [6, 6.07) is 5.74. The van der Waals surface area contributed by atoms with Gasteiger partial charge in [0, 0.05) is 26.7 Å². The summed E-state index contributed by atoms with van der Waals surface area (Å²) in [6.45, 7) is 6.48. The number of likely N-dealkylation sites (tertiary alicyclic amines) is 1. The zero-order chi connectivity index (χ0) is 22.3. The second kappa shape index (κ2) is 8.12. The van der Waals surface area contributed by atoms with E-state index in [2.05, 4.69) is 4.98 Å². The number of amidine groups is 1. The van der Waals surface area contributed by atoms with Gasteiger partial charge in [-0.15, -0.1) is 0 Å². The Labute approximate surface area is 185 Å². The number of nitrogens with one attached hydrogen (secondary N) is 1. The molecule has 0 bridgehead atoms. The molecule has 0 saturated carbocycles. The van der Waals surface area contributed by atoms with E-state index in [0.29, 0.717) is 29.2 Å². The molecule has 0 aliphatic carbocycles. The highest BCUT2D eigenvalue weighted by atomic mass is 32.2. The van der Waals surface area contributed by atoms with E-state index in [1.54, 1.807) is 11.6 Å². The van der Waals surface area contributed by atoms with E-state index in [1.165, 1.54) is 11.9 Å². The lowest BCUT2D eigenvalue weighted by atomic mass is 9.83. The number of hydrogen-bond donors (Lipinski definition) is 2. The maximum absolute atomic E-state index is 13.1. The fourth-order valence-electron chi connectivity index (χ4n) is 4.14. The van der Waals surface area contributed by atoms with Crippen molar-refractivity contribution in [2.45, 2.75) is 38.6 Å². The number of amides is 1. The van der Waals surface area contributed by atoms with Crippen molar-refractivity contribution in [3.05, 3.63) is 50.8 Å². The first-order chi connectivity index (χ1) is 14.7. The summed E-state index contributed by atoms with van der Waals surface area (Å²) in [5, 5.41) is 7.57. The summed E-state index contributed by atoms with van der Waals surface area (Å²) < 4.78 is 3.56. The lowest BCUT2D eigenvalue weighted by Gasteiger charge is -2.29. The normalized spacial score (nSPS) is 17.4. The number of nitrogens with two attached hydrogens (primary N) is 1. The monoisotopic (exact) mass is 440 g/mol. The van der Waals surface area contributed by atoms with Crippen molar-refractivity contribution in [2.24, 2.45) is 12.8 Å². The molecule has 0 radical (unpaired) electrons. The number of hydrogen-bond acceptors (Lipinski definition) is 6. The van der Waals surface area contributed by atoms with E-state index < -0.39 is 5.41 Å². The van der Waals surface area contributed by atoms with Gasteiger partial charge in [0.2, 0.25) is 5.91 Å². The maximum atomic E-state index is 13.1. The Bertz CT molecular complexity index is 1150. The van der Waals surface area contributed by atoms with Crippen LogP contribution in [0.4, 0.5) is 0 Å². The van der Waals surface area contributed by atoms with Gasteiger partial charge < -0.3 is 15.2 Å². The van der Waals surface area contributed by atoms with Gasteiger partial charge >= 0.3 is 0 Å². The number of carbonyl (C=O) groups is 1. The second-order valence-corrected chi connectivity index (χ2v) is 9.79. The van der Waals surface area contributed by atoms with E-state index in [9.17, 15) is 9.59 Å². The molecule has 1 amide bonds. The van der Waals surface area contributed by atoms with Crippen LogP contribution in [0.25, 0.3) is 11.0 Å². The van der Waals surface area contributed by atoms with Crippen LogP contribution in [0.2, 0.25) is 0 Å². The van der Waals surface area contributed by atoms with E-state index >= 15 is 0 Å². The van der Waals surface area contributed by atoms with Gasteiger partial charge in [-0.1, -0.05) is 12.1 Å². The van der Waals surface area contributed by atoms with Crippen molar-refractivity contribution in [3.8, 4) is 0 Å². The van der Waals surface area contributed by atoms with E-state index in [1.807, 2.05) is 47.3 Å². The van der Waals surface area contributed by atoms with Crippen molar-refractivity contribution >= 4 is 34.7 Å². The first-order valence-electron chi connectivity index (χ1n) is 10.5. The van der Waals surface area contributed by atoms with Gasteiger partial charge in [0.15, 0.2) is 0 Å². The molecule has 1 aromatic carbocycles. The van der Waals surface area contributed by atoms with Crippen molar-refractivity contribution in [1.82, 2.24) is 18.8 Å². The van der Waals surface area contributed by atoms with Crippen LogP contribution in [-0.2, 0) is 23.8 Å². The minimum Gasteiger partial charge on any atom is -0.383 e. The summed E-state index contributed by atoms with van der Waals surface area (Å²) in [5.74, 6) is 0.159. The Morgan fingerprint density at radius 2 is 2.00 bits per heavy atom. The van der Waals surface area contributed by atoms with Gasteiger partial charge in [-0.05, 0) is 56.3 Å². The molecule has 31 heavy (non-hydrogen) atoms. The molecule has 2 aliphatic rings. The number of benzene rings is 1. The fourth-order valence-corrected chi connectivity index (χ4v) is 5.01. The summed E-state index contributed by atoms with van der Waals surface area (Å²) in [6.07, 6.45) is 3.99. The molecule has 2 aliphatic heterocycles. The number of carbonyl (C=O) groups excluding carboxylic acids is 1. The van der Waals surface area contributed by atoms with Gasteiger partial charge in [-0.25, -0.2) is 9.29 Å². The molecule has 0 unspecified atom stereocenters. The molecule has 9 heteroatoms. The van der Waals surface area contributed by atoms with Crippen molar-refractivity contribution in [3.63, 3.8) is 0 Å². The molecular weight excluding hydrogens is 412 g/mol. The van der Waals surface area contributed by atoms with Crippen LogP contribution in [-0.4, -0.2) is 50.1 Å². The van der Waals surface area contributed by atoms with Crippen molar-refractivity contribution in [2.75, 3.05) is 19.6 Å². The largest absolute Gasteiger partial charge is 0.383 e. The molecule has 0 atom stereocenters. The minimum atomic E-state index is -0.666. The molecule has 2 aromatic rings. The van der Waals surface area contributed by atoms with Crippen molar-refractivity contribution in [1.29, 1.82) is 5.41 Å². The molecule has 4 rings (SSSR count). The van der Waals surface area contributed by atoms with Crippen LogP contribution in [0.5, 0.6) is 0 Å². The average Bonchev–Trinajstić information content (AvgIpc) is 3.43. The maximum Gasteiger partial charge on any atom is 0.273 e. The minimum absolute atomic E-state index is 0.0291. The van der Waals surface area contributed by atoms with Gasteiger partial charge in [0.25, 0.3) is 5.56 Å². The average molecular weight is 441 g/mol. The molecule has 8 nitrogen and oxygen atoms in total.